The van der Waals surface area contributed by atoms with Crippen molar-refractivity contribution in [3.8, 4) is 0 Å². The van der Waals surface area contributed by atoms with Crippen LogP contribution >= 0.6 is 12.4 Å². The third-order valence-electron chi connectivity index (χ3n) is 3.10. The first-order valence-corrected chi connectivity index (χ1v) is 6.82. The van der Waals surface area contributed by atoms with Crippen LogP contribution in [0, 0.1) is 0 Å². The van der Waals surface area contributed by atoms with Crippen LogP contribution in [0.5, 0.6) is 0 Å². The van der Waals surface area contributed by atoms with E-state index in [1.54, 1.807) is 0 Å². The number of piperidine rings is 1. The molecular weight excluding hydrogens is 280 g/mol. The van der Waals surface area contributed by atoms with Gasteiger partial charge in [0.05, 0.1) is 6.54 Å². The molecule has 0 radical (unpaired) electrons. The van der Waals surface area contributed by atoms with Crippen molar-refractivity contribution in [2.75, 3.05) is 26.7 Å². The second-order valence-corrected chi connectivity index (χ2v) is 6.09. The van der Waals surface area contributed by atoms with E-state index in [1.807, 2.05) is 27.8 Å². The van der Waals surface area contributed by atoms with Gasteiger partial charge in [-0.1, -0.05) is 0 Å². The van der Waals surface area contributed by atoms with Crippen molar-refractivity contribution < 1.29 is 9.59 Å². The smallest absolute Gasteiger partial charge is 0.321 e. The fraction of sp³-hybridized carbons (Fsp3) is 0.846. The predicted octanol–water partition coefficient (Wildman–Crippen LogP) is 0.716. The van der Waals surface area contributed by atoms with E-state index in [0.717, 1.165) is 25.9 Å². The molecule has 0 atom stereocenters. The van der Waals surface area contributed by atoms with Gasteiger partial charge in [0.15, 0.2) is 0 Å². The summed E-state index contributed by atoms with van der Waals surface area (Å²) in [5.41, 5.74) is -0.338. The largest absolute Gasteiger partial charge is 0.333 e. The molecule has 6 nitrogen and oxygen atoms in total. The van der Waals surface area contributed by atoms with Crippen LogP contribution in [0.4, 0.5) is 4.79 Å². The fourth-order valence-corrected chi connectivity index (χ4v) is 2.12. The van der Waals surface area contributed by atoms with Crippen molar-refractivity contribution in [1.82, 2.24) is 20.9 Å². The first-order chi connectivity index (χ1) is 8.80. The van der Waals surface area contributed by atoms with Gasteiger partial charge < -0.3 is 10.6 Å². The number of urea groups is 1. The molecule has 0 aromatic heterocycles. The summed E-state index contributed by atoms with van der Waals surface area (Å²) in [6, 6.07) is 0.117. The van der Waals surface area contributed by atoms with E-state index in [-0.39, 0.29) is 30.4 Å². The van der Waals surface area contributed by atoms with E-state index >= 15 is 0 Å². The molecule has 1 rings (SSSR count). The minimum atomic E-state index is -0.428. The number of likely N-dealkylation sites (tertiary alicyclic amines) is 1. The van der Waals surface area contributed by atoms with Crippen LogP contribution in [0.3, 0.4) is 0 Å². The Morgan fingerprint density at radius 2 is 1.75 bits per heavy atom. The Hall–Kier alpha value is -0.850. The predicted molar refractivity (Wildman–Crippen MR) is 82.2 cm³/mol. The quantitative estimate of drug-likeness (QED) is 0.718. The molecule has 0 aromatic rings. The van der Waals surface area contributed by atoms with E-state index in [2.05, 4.69) is 20.9 Å². The Kier molecular flexibility index (Phi) is 8.08. The average molecular weight is 307 g/mol. The first kappa shape index (κ1) is 19.1. The zero-order valence-corrected chi connectivity index (χ0v) is 13.6. The topological polar surface area (TPSA) is 73.5 Å². The maximum atomic E-state index is 11.7. The number of carbonyl (C=O) groups is 2. The molecule has 0 bridgehead atoms. The number of carbonyl (C=O) groups excluding carboxylic acids is 2. The Labute approximate surface area is 127 Å². The van der Waals surface area contributed by atoms with Crippen molar-refractivity contribution in [2.45, 2.75) is 45.2 Å². The standard InChI is InChI=1S/C13H26N4O2.ClH/c1-13(2,3)16-12(19)15-11(18)9-17-7-5-10(14-4)6-8-17;/h10,14H,5-9H2,1-4H3,(H2,15,16,18,19);1H. The highest BCUT2D eigenvalue weighted by Crippen LogP contribution is 2.09. The third kappa shape index (κ3) is 7.67. The van der Waals surface area contributed by atoms with Crippen LogP contribution in [-0.2, 0) is 4.79 Å². The lowest BCUT2D eigenvalue weighted by Gasteiger charge is -2.31. The molecule has 0 spiro atoms. The van der Waals surface area contributed by atoms with Gasteiger partial charge in [-0.05, 0) is 40.7 Å². The number of nitrogens with zero attached hydrogens (tertiary/aromatic N) is 1. The second-order valence-electron chi connectivity index (χ2n) is 6.09. The molecule has 3 amide bonds. The minimum Gasteiger partial charge on any atom is -0.333 e. The summed E-state index contributed by atoms with van der Waals surface area (Å²) in [7, 11) is 1.96. The second kappa shape index (κ2) is 8.44. The SMILES string of the molecule is CNC1CCN(CC(=O)NC(=O)NC(C)(C)C)CC1.Cl. The van der Waals surface area contributed by atoms with Gasteiger partial charge in [0, 0.05) is 24.7 Å². The highest BCUT2D eigenvalue weighted by molar-refractivity contribution is 5.95. The van der Waals surface area contributed by atoms with Crippen molar-refractivity contribution >= 4 is 24.3 Å². The van der Waals surface area contributed by atoms with Crippen LogP contribution in [0.1, 0.15) is 33.6 Å². The van der Waals surface area contributed by atoms with Crippen LogP contribution in [0.25, 0.3) is 0 Å². The fourth-order valence-electron chi connectivity index (χ4n) is 2.12. The average Bonchev–Trinajstić information content (AvgIpc) is 2.27. The Balaban J connectivity index is 0.00000361. The van der Waals surface area contributed by atoms with Crippen molar-refractivity contribution in [2.24, 2.45) is 0 Å². The molecule has 1 heterocycles. The lowest BCUT2D eigenvalue weighted by Crippen LogP contribution is -2.51. The number of nitrogens with one attached hydrogen (secondary N) is 3. The number of amides is 3. The van der Waals surface area contributed by atoms with Gasteiger partial charge in [0.2, 0.25) is 5.91 Å². The maximum absolute atomic E-state index is 11.7. The number of rotatable bonds is 3. The third-order valence-corrected chi connectivity index (χ3v) is 3.10. The number of imide groups is 1. The van der Waals surface area contributed by atoms with Gasteiger partial charge in [-0.15, -0.1) is 12.4 Å². The number of hydrogen-bond donors (Lipinski definition) is 3. The Morgan fingerprint density at radius 3 is 2.20 bits per heavy atom. The molecule has 1 saturated heterocycles. The summed E-state index contributed by atoms with van der Waals surface area (Å²) in [6.07, 6.45) is 2.08. The van der Waals surface area contributed by atoms with Gasteiger partial charge in [0.25, 0.3) is 0 Å². The lowest BCUT2D eigenvalue weighted by molar-refractivity contribution is -0.121. The number of halogens is 1. The minimum absolute atomic E-state index is 0. The molecule has 118 valence electrons. The summed E-state index contributed by atoms with van der Waals surface area (Å²) >= 11 is 0. The van der Waals surface area contributed by atoms with E-state index in [9.17, 15) is 9.59 Å². The summed E-state index contributed by atoms with van der Waals surface area (Å²) in [5.74, 6) is -0.246. The van der Waals surface area contributed by atoms with Gasteiger partial charge in [-0.2, -0.15) is 0 Å². The first-order valence-electron chi connectivity index (χ1n) is 6.82. The molecule has 7 heteroatoms. The Morgan fingerprint density at radius 1 is 1.20 bits per heavy atom. The molecule has 0 aliphatic carbocycles. The van der Waals surface area contributed by atoms with Gasteiger partial charge in [0.1, 0.15) is 0 Å². The van der Waals surface area contributed by atoms with Crippen LogP contribution < -0.4 is 16.0 Å². The molecule has 0 aromatic carbocycles. The number of hydrogen-bond acceptors (Lipinski definition) is 4. The van der Waals surface area contributed by atoms with Crippen molar-refractivity contribution in [3.63, 3.8) is 0 Å². The van der Waals surface area contributed by atoms with E-state index in [0.29, 0.717) is 6.04 Å². The van der Waals surface area contributed by atoms with Crippen molar-refractivity contribution in [3.05, 3.63) is 0 Å². The zero-order chi connectivity index (χ0) is 14.5. The van der Waals surface area contributed by atoms with E-state index in [1.165, 1.54) is 0 Å². The normalized spacial score (nSPS) is 17.2. The maximum Gasteiger partial charge on any atom is 0.321 e. The molecule has 1 fully saturated rings. The summed E-state index contributed by atoms with van der Waals surface area (Å²) < 4.78 is 0. The molecule has 0 unspecified atom stereocenters. The Bertz CT molecular complexity index is 323. The van der Waals surface area contributed by atoms with Gasteiger partial charge in [-0.3, -0.25) is 15.0 Å². The lowest BCUT2D eigenvalue weighted by atomic mass is 10.1. The van der Waals surface area contributed by atoms with Crippen LogP contribution in [0.15, 0.2) is 0 Å². The monoisotopic (exact) mass is 306 g/mol. The summed E-state index contributed by atoms with van der Waals surface area (Å²) in [5, 5.41) is 8.31. The molecule has 20 heavy (non-hydrogen) atoms. The zero-order valence-electron chi connectivity index (χ0n) is 12.8. The van der Waals surface area contributed by atoms with Crippen LogP contribution in [-0.4, -0.2) is 55.1 Å². The highest BCUT2D eigenvalue weighted by Gasteiger charge is 2.21. The summed E-state index contributed by atoms with van der Waals surface area (Å²) in [6.45, 7) is 7.69. The summed E-state index contributed by atoms with van der Waals surface area (Å²) in [4.78, 5) is 25.3. The molecule has 1 aliphatic heterocycles. The van der Waals surface area contributed by atoms with Crippen LogP contribution in [0.2, 0.25) is 0 Å². The van der Waals surface area contributed by atoms with Gasteiger partial charge in [-0.25, -0.2) is 4.79 Å². The van der Waals surface area contributed by atoms with E-state index < -0.39 is 6.03 Å². The molecule has 0 saturated carbocycles. The highest BCUT2D eigenvalue weighted by atomic mass is 35.5. The molecule has 3 N–H and O–H groups in total. The van der Waals surface area contributed by atoms with Crippen molar-refractivity contribution in [1.29, 1.82) is 0 Å². The molecule has 1 aliphatic rings. The van der Waals surface area contributed by atoms with Gasteiger partial charge >= 0.3 is 6.03 Å². The molecular formula is C13H27ClN4O2. The van der Waals surface area contributed by atoms with E-state index in [4.69, 9.17) is 0 Å².